The Morgan fingerprint density at radius 2 is 1.96 bits per heavy atom. The van der Waals surface area contributed by atoms with Gasteiger partial charge in [0.15, 0.2) is 0 Å². The van der Waals surface area contributed by atoms with Gasteiger partial charge in [-0.15, -0.1) is 0 Å². The predicted molar refractivity (Wildman–Crippen MR) is 101 cm³/mol. The third kappa shape index (κ3) is 4.40. The molecular weight excluding hydrogens is 314 g/mol. The fourth-order valence-electron chi connectivity index (χ4n) is 4.15. The van der Waals surface area contributed by atoms with Gasteiger partial charge in [0.05, 0.1) is 17.9 Å². The highest BCUT2D eigenvalue weighted by Crippen LogP contribution is 2.31. The van der Waals surface area contributed by atoms with Crippen molar-refractivity contribution >= 4 is 23.2 Å². The highest BCUT2D eigenvalue weighted by atomic mass is 16.2. The van der Waals surface area contributed by atoms with Crippen molar-refractivity contribution in [1.29, 1.82) is 0 Å². The Bertz CT molecular complexity index is 625. The summed E-state index contributed by atoms with van der Waals surface area (Å²) >= 11 is 0. The molecule has 136 valence electrons. The zero-order chi connectivity index (χ0) is 17.8. The molecule has 1 saturated carbocycles. The van der Waals surface area contributed by atoms with E-state index in [0.717, 1.165) is 17.9 Å². The number of anilines is 2. The summed E-state index contributed by atoms with van der Waals surface area (Å²) in [5, 5.41) is 2.91. The highest BCUT2D eigenvalue weighted by Gasteiger charge is 2.30. The molecule has 1 aliphatic carbocycles. The van der Waals surface area contributed by atoms with Crippen LogP contribution in [0.1, 0.15) is 45.4 Å². The van der Waals surface area contributed by atoms with Crippen molar-refractivity contribution in [1.82, 2.24) is 4.90 Å². The minimum absolute atomic E-state index is 0.0363. The summed E-state index contributed by atoms with van der Waals surface area (Å²) in [6, 6.07) is 7.43. The van der Waals surface area contributed by atoms with Crippen molar-refractivity contribution in [2.45, 2.75) is 51.5 Å². The normalized spacial score (nSPS) is 21.6. The fraction of sp³-hybridized carbons (Fsp3) is 0.600. The Kier molecular flexibility index (Phi) is 5.74. The van der Waals surface area contributed by atoms with Crippen LogP contribution in [0.4, 0.5) is 11.4 Å². The number of likely N-dealkylation sites (N-methyl/N-ethyl adjacent to an activating group) is 1. The summed E-state index contributed by atoms with van der Waals surface area (Å²) in [7, 11) is 2.03. The summed E-state index contributed by atoms with van der Waals surface area (Å²) < 4.78 is 0. The molecule has 1 atom stereocenters. The minimum atomic E-state index is -0.140. The average molecular weight is 343 g/mol. The topological polar surface area (TPSA) is 52.7 Å². The van der Waals surface area contributed by atoms with Gasteiger partial charge in [0.25, 0.3) is 0 Å². The Labute approximate surface area is 150 Å². The summed E-state index contributed by atoms with van der Waals surface area (Å²) in [4.78, 5) is 29.0. The Balaban J connectivity index is 1.70. The average Bonchev–Trinajstić information content (AvgIpc) is 2.69. The smallest absolute Gasteiger partial charge is 0.241 e. The molecule has 0 saturated heterocycles. The van der Waals surface area contributed by atoms with Gasteiger partial charge >= 0.3 is 0 Å². The van der Waals surface area contributed by atoms with Crippen molar-refractivity contribution in [3.8, 4) is 0 Å². The summed E-state index contributed by atoms with van der Waals surface area (Å²) in [6.45, 7) is 3.32. The number of carbonyl (C=O) groups is 2. The number of amides is 2. The van der Waals surface area contributed by atoms with Crippen molar-refractivity contribution in [2.24, 2.45) is 5.92 Å². The van der Waals surface area contributed by atoms with Crippen LogP contribution in [-0.4, -0.2) is 42.9 Å². The third-order valence-electron chi connectivity index (χ3n) is 5.33. The molecule has 2 aliphatic rings. The predicted octanol–water partition coefficient (Wildman–Crippen LogP) is 3.26. The van der Waals surface area contributed by atoms with Gasteiger partial charge in [-0.3, -0.25) is 14.5 Å². The maximum Gasteiger partial charge on any atom is 0.241 e. The Morgan fingerprint density at radius 1 is 1.24 bits per heavy atom. The van der Waals surface area contributed by atoms with Crippen LogP contribution in [-0.2, 0) is 9.59 Å². The molecule has 3 rings (SSSR count). The van der Waals surface area contributed by atoms with Crippen LogP contribution < -0.4 is 10.2 Å². The molecule has 1 aromatic carbocycles. The first-order valence-electron chi connectivity index (χ1n) is 9.44. The molecule has 5 nitrogen and oxygen atoms in total. The molecule has 0 bridgehead atoms. The van der Waals surface area contributed by atoms with Crippen molar-refractivity contribution in [2.75, 3.05) is 30.4 Å². The first-order valence-corrected chi connectivity index (χ1v) is 9.44. The van der Waals surface area contributed by atoms with Gasteiger partial charge in [-0.05, 0) is 44.9 Å². The van der Waals surface area contributed by atoms with E-state index in [0.29, 0.717) is 18.9 Å². The first-order chi connectivity index (χ1) is 12.0. The molecule has 1 heterocycles. The van der Waals surface area contributed by atoms with E-state index in [9.17, 15) is 9.59 Å². The van der Waals surface area contributed by atoms with E-state index >= 15 is 0 Å². The monoisotopic (exact) mass is 343 g/mol. The lowest BCUT2D eigenvalue weighted by Crippen LogP contribution is -2.45. The molecule has 1 fully saturated rings. The molecule has 0 radical (unpaired) electrons. The van der Waals surface area contributed by atoms with Crippen LogP contribution in [0.2, 0.25) is 0 Å². The summed E-state index contributed by atoms with van der Waals surface area (Å²) in [6.07, 6.45) is 6.86. The zero-order valence-corrected chi connectivity index (χ0v) is 15.3. The van der Waals surface area contributed by atoms with E-state index < -0.39 is 0 Å². The van der Waals surface area contributed by atoms with Crippen molar-refractivity contribution in [3.05, 3.63) is 24.3 Å². The second-order valence-electron chi connectivity index (χ2n) is 7.58. The quantitative estimate of drug-likeness (QED) is 0.913. The maximum atomic E-state index is 13.0. The van der Waals surface area contributed by atoms with Gasteiger partial charge < -0.3 is 10.2 Å². The molecular formula is C20H29N3O2. The van der Waals surface area contributed by atoms with Gasteiger partial charge in [-0.2, -0.15) is 0 Å². The lowest BCUT2D eigenvalue weighted by atomic mass is 9.89. The van der Waals surface area contributed by atoms with E-state index in [1.165, 1.54) is 32.1 Å². The molecule has 1 N–H and O–H groups in total. The molecule has 0 spiro atoms. The Morgan fingerprint density at radius 3 is 2.72 bits per heavy atom. The number of nitrogens with one attached hydrogen (secondary N) is 1. The number of benzene rings is 1. The van der Waals surface area contributed by atoms with Crippen molar-refractivity contribution < 1.29 is 9.59 Å². The maximum absolute atomic E-state index is 13.0. The zero-order valence-electron chi connectivity index (χ0n) is 15.3. The largest absolute Gasteiger partial charge is 0.324 e. The number of para-hydroxylation sites is 2. The number of rotatable bonds is 4. The van der Waals surface area contributed by atoms with Gasteiger partial charge in [0.2, 0.25) is 11.8 Å². The fourth-order valence-corrected chi connectivity index (χ4v) is 4.15. The lowest BCUT2D eigenvalue weighted by molar-refractivity contribution is -0.120. The van der Waals surface area contributed by atoms with E-state index in [1.54, 1.807) is 4.90 Å². The first kappa shape index (κ1) is 17.9. The van der Waals surface area contributed by atoms with E-state index in [2.05, 4.69) is 10.2 Å². The van der Waals surface area contributed by atoms with Crippen LogP contribution in [0, 0.1) is 5.92 Å². The molecule has 0 aromatic heterocycles. The molecule has 0 unspecified atom stereocenters. The van der Waals surface area contributed by atoms with Gasteiger partial charge in [-0.25, -0.2) is 0 Å². The SMILES string of the molecule is C[C@@H]1CC(=O)Nc2ccccc2N1C(=O)CN(C)CC1CCCCC1. The van der Waals surface area contributed by atoms with Crippen LogP contribution in [0.15, 0.2) is 24.3 Å². The molecule has 2 amide bonds. The van der Waals surface area contributed by atoms with Crippen molar-refractivity contribution in [3.63, 3.8) is 0 Å². The second kappa shape index (κ2) is 8.00. The van der Waals surface area contributed by atoms with Gasteiger partial charge in [-0.1, -0.05) is 31.4 Å². The van der Waals surface area contributed by atoms with Gasteiger partial charge in [0.1, 0.15) is 0 Å². The lowest BCUT2D eigenvalue weighted by Gasteiger charge is -2.31. The number of fused-ring (bicyclic) bond motifs is 1. The summed E-state index contributed by atoms with van der Waals surface area (Å²) in [5.41, 5.74) is 1.53. The van der Waals surface area contributed by atoms with E-state index in [4.69, 9.17) is 0 Å². The number of nitrogens with zero attached hydrogens (tertiary/aromatic N) is 2. The highest BCUT2D eigenvalue weighted by molar-refractivity contribution is 6.04. The van der Waals surface area contributed by atoms with Crippen LogP contribution in [0.5, 0.6) is 0 Å². The molecule has 5 heteroatoms. The van der Waals surface area contributed by atoms with Crippen LogP contribution >= 0.6 is 0 Å². The van der Waals surface area contributed by atoms with Gasteiger partial charge in [0, 0.05) is 19.0 Å². The molecule has 1 aliphatic heterocycles. The summed E-state index contributed by atoms with van der Waals surface area (Å²) in [5.74, 6) is 0.740. The van der Waals surface area contributed by atoms with E-state index in [-0.39, 0.29) is 17.9 Å². The molecule has 25 heavy (non-hydrogen) atoms. The number of hydrogen-bond donors (Lipinski definition) is 1. The standard InChI is InChI=1S/C20H29N3O2/c1-15-12-19(24)21-17-10-6-7-11-18(17)23(15)20(25)14-22(2)13-16-8-4-3-5-9-16/h6-7,10-11,15-16H,3-5,8-9,12-14H2,1-2H3,(H,21,24)/t15-/m1/s1. The number of hydrogen-bond acceptors (Lipinski definition) is 3. The molecule has 1 aromatic rings. The van der Waals surface area contributed by atoms with Crippen LogP contribution in [0.3, 0.4) is 0 Å². The van der Waals surface area contributed by atoms with Crippen LogP contribution in [0.25, 0.3) is 0 Å². The van der Waals surface area contributed by atoms with E-state index in [1.807, 2.05) is 38.2 Å². The third-order valence-corrected chi connectivity index (χ3v) is 5.33. The Hall–Kier alpha value is -1.88. The number of carbonyl (C=O) groups excluding carboxylic acids is 2. The second-order valence-corrected chi connectivity index (χ2v) is 7.58. The minimum Gasteiger partial charge on any atom is -0.324 e.